The molecule has 0 spiro atoms. The lowest BCUT2D eigenvalue weighted by molar-refractivity contribution is -0.114. The van der Waals surface area contributed by atoms with Gasteiger partial charge in [-0.1, -0.05) is 30.3 Å². The minimum atomic E-state index is -0.291. The fraction of sp³-hybridized carbons (Fsp3) is 0.0833. The number of halogens is 1. The predicted octanol–water partition coefficient (Wildman–Crippen LogP) is 5.02. The van der Waals surface area contributed by atoms with Gasteiger partial charge in [-0.25, -0.2) is 4.39 Å². The minimum Gasteiger partial charge on any atom is -0.489 e. The number of nitrogens with one attached hydrogen (secondary N) is 2. The monoisotopic (exact) mass is 404 g/mol. The average Bonchev–Trinajstić information content (AvgIpc) is 2.73. The summed E-state index contributed by atoms with van der Waals surface area (Å²) in [6, 6.07) is 20.3. The first-order valence-electron chi connectivity index (χ1n) is 9.32. The Morgan fingerprint density at radius 3 is 2.37 bits per heavy atom. The Kier molecular flexibility index (Phi) is 6.95. The van der Waals surface area contributed by atoms with Crippen molar-refractivity contribution < 1.29 is 18.7 Å². The summed E-state index contributed by atoms with van der Waals surface area (Å²) in [6.45, 7) is 1.74. The van der Waals surface area contributed by atoms with Crippen LogP contribution in [0.2, 0.25) is 0 Å². The Balaban J connectivity index is 1.54. The molecule has 0 saturated heterocycles. The van der Waals surface area contributed by atoms with Gasteiger partial charge in [0, 0.05) is 30.4 Å². The zero-order valence-electron chi connectivity index (χ0n) is 16.4. The molecule has 0 saturated carbocycles. The van der Waals surface area contributed by atoms with Crippen molar-refractivity contribution in [3.63, 3.8) is 0 Å². The maximum Gasteiger partial charge on any atom is 0.248 e. The van der Waals surface area contributed by atoms with E-state index in [1.165, 1.54) is 25.1 Å². The van der Waals surface area contributed by atoms with Gasteiger partial charge in [-0.05, 0) is 53.6 Å². The topological polar surface area (TPSA) is 67.4 Å². The molecule has 2 amide bonds. The van der Waals surface area contributed by atoms with E-state index >= 15 is 0 Å². The maximum absolute atomic E-state index is 13.0. The van der Waals surface area contributed by atoms with Crippen molar-refractivity contribution in [2.24, 2.45) is 0 Å². The van der Waals surface area contributed by atoms with Crippen LogP contribution in [-0.4, -0.2) is 11.8 Å². The van der Waals surface area contributed by atoms with E-state index in [0.717, 1.165) is 11.1 Å². The lowest BCUT2D eigenvalue weighted by Crippen LogP contribution is -2.08. The van der Waals surface area contributed by atoms with Crippen LogP contribution in [0.1, 0.15) is 18.1 Å². The van der Waals surface area contributed by atoms with Gasteiger partial charge in [-0.2, -0.15) is 0 Å². The molecule has 3 aromatic carbocycles. The molecular weight excluding hydrogens is 383 g/mol. The Bertz CT molecular complexity index is 1040. The smallest absolute Gasteiger partial charge is 0.248 e. The Morgan fingerprint density at radius 1 is 0.933 bits per heavy atom. The summed E-state index contributed by atoms with van der Waals surface area (Å²) in [5.41, 5.74) is 2.97. The van der Waals surface area contributed by atoms with E-state index in [4.69, 9.17) is 4.74 Å². The van der Waals surface area contributed by atoms with Gasteiger partial charge in [0.15, 0.2) is 0 Å². The normalized spacial score (nSPS) is 10.6. The Morgan fingerprint density at radius 2 is 1.67 bits per heavy atom. The van der Waals surface area contributed by atoms with Gasteiger partial charge in [-0.3, -0.25) is 9.59 Å². The molecule has 2 N–H and O–H groups in total. The average molecular weight is 404 g/mol. The lowest BCUT2D eigenvalue weighted by atomic mass is 10.2. The van der Waals surface area contributed by atoms with Crippen molar-refractivity contribution in [3.05, 3.63) is 95.8 Å². The van der Waals surface area contributed by atoms with E-state index in [2.05, 4.69) is 10.6 Å². The minimum absolute atomic E-state index is 0.137. The molecule has 3 rings (SSSR count). The molecule has 0 aliphatic rings. The molecule has 0 atom stereocenters. The van der Waals surface area contributed by atoms with Crippen molar-refractivity contribution in [1.29, 1.82) is 0 Å². The number of hydrogen-bond donors (Lipinski definition) is 2. The van der Waals surface area contributed by atoms with Gasteiger partial charge in [-0.15, -0.1) is 0 Å². The molecule has 0 heterocycles. The molecule has 3 aromatic rings. The molecular formula is C24H21FN2O3. The second-order valence-corrected chi connectivity index (χ2v) is 6.57. The third kappa shape index (κ3) is 6.60. The van der Waals surface area contributed by atoms with E-state index in [-0.39, 0.29) is 17.6 Å². The number of amides is 2. The quantitative estimate of drug-likeness (QED) is 0.544. The second kappa shape index (κ2) is 10.0. The Hall–Kier alpha value is -3.93. The number of ether oxygens (including phenoxy) is 1. The molecule has 0 unspecified atom stereocenters. The van der Waals surface area contributed by atoms with E-state index in [1.54, 1.807) is 66.7 Å². The van der Waals surface area contributed by atoms with Crippen LogP contribution in [0.3, 0.4) is 0 Å². The van der Waals surface area contributed by atoms with Crippen LogP contribution in [0.15, 0.2) is 78.9 Å². The highest BCUT2D eigenvalue weighted by Crippen LogP contribution is 2.19. The van der Waals surface area contributed by atoms with Crippen molar-refractivity contribution >= 4 is 29.3 Å². The van der Waals surface area contributed by atoms with Crippen LogP contribution < -0.4 is 15.4 Å². The molecule has 0 aliphatic heterocycles. The van der Waals surface area contributed by atoms with Crippen LogP contribution in [0.4, 0.5) is 15.8 Å². The third-order valence-electron chi connectivity index (χ3n) is 4.08. The van der Waals surface area contributed by atoms with Gasteiger partial charge in [0.1, 0.15) is 18.2 Å². The van der Waals surface area contributed by atoms with Gasteiger partial charge in [0.05, 0.1) is 0 Å². The summed E-state index contributed by atoms with van der Waals surface area (Å²) in [7, 11) is 0. The lowest BCUT2D eigenvalue weighted by Gasteiger charge is -2.08. The fourth-order valence-corrected chi connectivity index (χ4v) is 2.65. The first-order valence-corrected chi connectivity index (χ1v) is 9.32. The van der Waals surface area contributed by atoms with Crippen LogP contribution in [0.25, 0.3) is 6.08 Å². The molecule has 0 aromatic heterocycles. The highest BCUT2D eigenvalue weighted by atomic mass is 19.1. The highest BCUT2D eigenvalue weighted by Gasteiger charge is 2.02. The van der Waals surface area contributed by atoms with E-state index in [9.17, 15) is 14.0 Å². The molecule has 0 bridgehead atoms. The van der Waals surface area contributed by atoms with Gasteiger partial charge in [0.2, 0.25) is 11.8 Å². The van der Waals surface area contributed by atoms with Gasteiger partial charge in [0.25, 0.3) is 0 Å². The SMILES string of the molecule is CC(=O)Nc1ccc(/C=C/C(=O)Nc2cccc(OCc3ccc(F)cc3)c2)cc1. The fourth-order valence-electron chi connectivity index (χ4n) is 2.65. The third-order valence-corrected chi connectivity index (χ3v) is 4.08. The van der Waals surface area contributed by atoms with E-state index in [1.807, 2.05) is 0 Å². The zero-order chi connectivity index (χ0) is 21.3. The summed E-state index contributed by atoms with van der Waals surface area (Å²) in [5, 5.41) is 5.47. The summed E-state index contributed by atoms with van der Waals surface area (Å²) in [4.78, 5) is 23.2. The van der Waals surface area contributed by atoms with Crippen LogP contribution in [0.5, 0.6) is 5.75 Å². The zero-order valence-corrected chi connectivity index (χ0v) is 16.4. The highest BCUT2D eigenvalue weighted by molar-refractivity contribution is 6.02. The Labute approximate surface area is 174 Å². The van der Waals surface area contributed by atoms with Crippen molar-refractivity contribution in [2.75, 3.05) is 10.6 Å². The summed E-state index contributed by atoms with van der Waals surface area (Å²) in [6.07, 6.45) is 3.11. The van der Waals surface area contributed by atoms with Crippen LogP contribution >= 0.6 is 0 Å². The largest absolute Gasteiger partial charge is 0.489 e. The number of rotatable bonds is 7. The summed E-state index contributed by atoms with van der Waals surface area (Å²) < 4.78 is 18.7. The first kappa shape index (κ1) is 20.8. The molecule has 6 heteroatoms. The molecule has 0 fully saturated rings. The van der Waals surface area contributed by atoms with Crippen LogP contribution in [0, 0.1) is 5.82 Å². The van der Waals surface area contributed by atoms with Gasteiger partial charge >= 0.3 is 0 Å². The van der Waals surface area contributed by atoms with Crippen LogP contribution in [-0.2, 0) is 16.2 Å². The van der Waals surface area contributed by atoms with E-state index in [0.29, 0.717) is 23.7 Å². The van der Waals surface area contributed by atoms with Crippen molar-refractivity contribution in [1.82, 2.24) is 0 Å². The molecule has 152 valence electrons. The summed E-state index contributed by atoms with van der Waals surface area (Å²) >= 11 is 0. The number of benzene rings is 3. The maximum atomic E-state index is 13.0. The molecule has 0 aliphatic carbocycles. The van der Waals surface area contributed by atoms with Crippen molar-refractivity contribution in [2.45, 2.75) is 13.5 Å². The van der Waals surface area contributed by atoms with Gasteiger partial charge < -0.3 is 15.4 Å². The van der Waals surface area contributed by atoms with Crippen molar-refractivity contribution in [3.8, 4) is 5.75 Å². The molecule has 5 nitrogen and oxygen atoms in total. The summed E-state index contributed by atoms with van der Waals surface area (Å²) in [5.74, 6) is -0.118. The first-order chi connectivity index (χ1) is 14.5. The standard InChI is InChI=1S/C24H21FN2O3/c1-17(28)26-21-12-7-18(8-13-21)9-14-24(29)27-22-3-2-4-23(15-22)30-16-19-5-10-20(25)11-6-19/h2-15H,16H2,1H3,(H,26,28)(H,27,29)/b14-9+. The number of carbonyl (C=O) groups is 2. The predicted molar refractivity (Wildman–Crippen MR) is 116 cm³/mol. The molecule has 30 heavy (non-hydrogen) atoms. The van der Waals surface area contributed by atoms with E-state index < -0.39 is 0 Å². The number of anilines is 2. The molecule has 0 radical (unpaired) electrons. The number of carbonyl (C=O) groups excluding carboxylic acids is 2. The number of hydrogen-bond acceptors (Lipinski definition) is 3. The second-order valence-electron chi connectivity index (χ2n) is 6.57.